The third-order valence-corrected chi connectivity index (χ3v) is 4.85. The van der Waals surface area contributed by atoms with Crippen LogP contribution in [0.5, 0.6) is 5.75 Å². The Morgan fingerprint density at radius 1 is 1.16 bits per heavy atom. The van der Waals surface area contributed by atoms with E-state index in [1.165, 1.54) is 16.8 Å². The van der Waals surface area contributed by atoms with Crippen molar-refractivity contribution in [3.8, 4) is 5.75 Å². The molecule has 1 aromatic heterocycles. The third kappa shape index (κ3) is 3.00. The number of ether oxygens (including phenoxy) is 1. The van der Waals surface area contributed by atoms with Crippen molar-refractivity contribution in [3.05, 3.63) is 69.6 Å². The van der Waals surface area contributed by atoms with Crippen LogP contribution < -0.4 is 15.3 Å². The van der Waals surface area contributed by atoms with E-state index in [4.69, 9.17) is 9.15 Å². The van der Waals surface area contributed by atoms with Gasteiger partial charge in [0.05, 0.1) is 7.11 Å². The highest BCUT2D eigenvalue weighted by Gasteiger charge is 2.18. The fraction of sp³-hybridized carbons (Fsp3) is 0.286. The van der Waals surface area contributed by atoms with E-state index in [0.29, 0.717) is 17.9 Å². The molecule has 0 fully saturated rings. The molecule has 3 aromatic rings. The van der Waals surface area contributed by atoms with E-state index in [0.717, 1.165) is 30.3 Å². The van der Waals surface area contributed by atoms with E-state index in [-0.39, 0.29) is 5.63 Å². The smallest absolute Gasteiger partial charge is 0.336 e. The van der Waals surface area contributed by atoms with Crippen LogP contribution in [0, 0.1) is 6.92 Å². The van der Waals surface area contributed by atoms with Crippen LogP contribution in [0.3, 0.4) is 0 Å². The zero-order chi connectivity index (χ0) is 17.4. The van der Waals surface area contributed by atoms with Gasteiger partial charge >= 0.3 is 5.63 Å². The van der Waals surface area contributed by atoms with Crippen molar-refractivity contribution in [2.75, 3.05) is 18.6 Å². The van der Waals surface area contributed by atoms with Crippen LogP contribution in [-0.4, -0.2) is 13.7 Å². The monoisotopic (exact) mass is 335 g/mol. The summed E-state index contributed by atoms with van der Waals surface area (Å²) in [6.07, 6.45) is 2.24. The van der Waals surface area contributed by atoms with Gasteiger partial charge in [-0.1, -0.05) is 17.7 Å². The molecule has 1 aliphatic rings. The SMILES string of the molecule is COc1ccc2c(CN3CCCc4cc(C)ccc43)cc(=O)oc2c1. The fourth-order valence-electron chi connectivity index (χ4n) is 3.64. The Bertz CT molecular complexity index is 990. The van der Waals surface area contributed by atoms with Gasteiger partial charge in [0.1, 0.15) is 11.3 Å². The molecule has 0 radical (unpaired) electrons. The predicted octanol–water partition coefficient (Wildman–Crippen LogP) is 4.06. The molecule has 128 valence electrons. The van der Waals surface area contributed by atoms with Crippen LogP contribution >= 0.6 is 0 Å². The summed E-state index contributed by atoms with van der Waals surface area (Å²) >= 11 is 0. The number of anilines is 1. The van der Waals surface area contributed by atoms with E-state index >= 15 is 0 Å². The van der Waals surface area contributed by atoms with E-state index in [9.17, 15) is 4.79 Å². The second kappa shape index (κ2) is 6.28. The second-order valence-electron chi connectivity index (χ2n) is 6.61. The number of benzene rings is 2. The highest BCUT2D eigenvalue weighted by molar-refractivity contribution is 5.82. The van der Waals surface area contributed by atoms with Crippen molar-refractivity contribution in [3.63, 3.8) is 0 Å². The molecule has 2 heterocycles. The van der Waals surface area contributed by atoms with Crippen LogP contribution in [0.2, 0.25) is 0 Å². The summed E-state index contributed by atoms with van der Waals surface area (Å²) in [7, 11) is 1.61. The molecule has 4 rings (SSSR count). The average molecular weight is 335 g/mol. The topological polar surface area (TPSA) is 42.7 Å². The van der Waals surface area contributed by atoms with Crippen molar-refractivity contribution in [1.82, 2.24) is 0 Å². The van der Waals surface area contributed by atoms with E-state index in [1.807, 2.05) is 12.1 Å². The lowest BCUT2D eigenvalue weighted by Crippen LogP contribution is -2.29. The number of fused-ring (bicyclic) bond motifs is 2. The molecule has 0 spiro atoms. The maximum atomic E-state index is 12.0. The molecule has 4 nitrogen and oxygen atoms in total. The predicted molar refractivity (Wildman–Crippen MR) is 99.6 cm³/mol. The van der Waals surface area contributed by atoms with Gasteiger partial charge < -0.3 is 14.1 Å². The average Bonchev–Trinajstić information content (AvgIpc) is 2.61. The molecule has 0 N–H and O–H groups in total. The van der Waals surface area contributed by atoms with Crippen LogP contribution in [0.25, 0.3) is 11.0 Å². The molecule has 0 unspecified atom stereocenters. The van der Waals surface area contributed by atoms with Gasteiger partial charge in [-0.2, -0.15) is 0 Å². The number of hydrogen-bond acceptors (Lipinski definition) is 4. The molecule has 0 aliphatic carbocycles. The van der Waals surface area contributed by atoms with Crippen molar-refractivity contribution in [2.24, 2.45) is 0 Å². The third-order valence-electron chi connectivity index (χ3n) is 4.85. The molecule has 0 atom stereocenters. The Labute approximate surface area is 146 Å². The van der Waals surface area contributed by atoms with Crippen LogP contribution in [0.15, 0.2) is 51.7 Å². The minimum atomic E-state index is -0.322. The Morgan fingerprint density at radius 2 is 2.04 bits per heavy atom. The lowest BCUT2D eigenvalue weighted by atomic mass is 9.98. The Hall–Kier alpha value is -2.75. The quantitative estimate of drug-likeness (QED) is 0.677. The molecule has 4 heteroatoms. The molecule has 0 bridgehead atoms. The van der Waals surface area contributed by atoms with Gasteiger partial charge in [-0.25, -0.2) is 4.79 Å². The Morgan fingerprint density at radius 3 is 2.88 bits per heavy atom. The van der Waals surface area contributed by atoms with E-state index < -0.39 is 0 Å². The van der Waals surface area contributed by atoms with Gasteiger partial charge in [0, 0.05) is 36.3 Å². The standard InChI is InChI=1S/C21H21NO3/c1-14-5-8-19-15(10-14)4-3-9-22(19)13-16-11-21(23)25-20-12-17(24-2)6-7-18(16)20/h5-8,10-12H,3-4,9,13H2,1-2H3. The summed E-state index contributed by atoms with van der Waals surface area (Å²) in [6.45, 7) is 3.82. The highest BCUT2D eigenvalue weighted by atomic mass is 16.5. The normalized spacial score (nSPS) is 13.8. The van der Waals surface area contributed by atoms with Crippen molar-refractivity contribution in [2.45, 2.75) is 26.3 Å². The fourth-order valence-corrected chi connectivity index (χ4v) is 3.64. The minimum absolute atomic E-state index is 0.322. The first-order valence-electron chi connectivity index (χ1n) is 8.59. The van der Waals surface area contributed by atoms with Crippen molar-refractivity contribution >= 4 is 16.7 Å². The first-order chi connectivity index (χ1) is 12.1. The highest BCUT2D eigenvalue weighted by Crippen LogP contribution is 2.31. The maximum absolute atomic E-state index is 12.0. The molecule has 0 amide bonds. The summed E-state index contributed by atoms with van der Waals surface area (Å²) < 4.78 is 10.6. The molecule has 1 aliphatic heterocycles. The summed E-state index contributed by atoms with van der Waals surface area (Å²) in [5, 5.41) is 0.958. The first-order valence-corrected chi connectivity index (χ1v) is 8.59. The Kier molecular flexibility index (Phi) is 3.96. The number of aryl methyl sites for hydroxylation is 2. The first kappa shape index (κ1) is 15.8. The maximum Gasteiger partial charge on any atom is 0.336 e. The van der Waals surface area contributed by atoms with Crippen LogP contribution in [-0.2, 0) is 13.0 Å². The van der Waals surface area contributed by atoms with Crippen molar-refractivity contribution < 1.29 is 9.15 Å². The summed E-state index contributed by atoms with van der Waals surface area (Å²) in [4.78, 5) is 14.4. The van der Waals surface area contributed by atoms with E-state index in [2.05, 4.69) is 30.0 Å². The number of hydrogen-bond donors (Lipinski definition) is 0. The zero-order valence-electron chi connectivity index (χ0n) is 14.5. The van der Waals surface area contributed by atoms with Crippen LogP contribution in [0.1, 0.15) is 23.1 Å². The number of rotatable bonds is 3. The molecule has 2 aromatic carbocycles. The lowest BCUT2D eigenvalue weighted by Gasteiger charge is -2.32. The van der Waals surface area contributed by atoms with Gasteiger partial charge in [-0.05, 0) is 49.1 Å². The van der Waals surface area contributed by atoms with E-state index in [1.54, 1.807) is 19.2 Å². The summed E-state index contributed by atoms with van der Waals surface area (Å²) in [5.41, 5.74) is 5.19. The zero-order valence-corrected chi connectivity index (χ0v) is 14.5. The van der Waals surface area contributed by atoms with Crippen LogP contribution in [0.4, 0.5) is 5.69 Å². The largest absolute Gasteiger partial charge is 0.497 e. The number of nitrogens with zero attached hydrogens (tertiary/aromatic N) is 1. The van der Waals surface area contributed by atoms with Gasteiger partial charge in [0.2, 0.25) is 0 Å². The van der Waals surface area contributed by atoms with Crippen molar-refractivity contribution in [1.29, 1.82) is 0 Å². The van der Waals surface area contributed by atoms with Gasteiger partial charge in [-0.3, -0.25) is 0 Å². The lowest BCUT2D eigenvalue weighted by molar-refractivity contribution is 0.414. The minimum Gasteiger partial charge on any atom is -0.497 e. The summed E-state index contributed by atoms with van der Waals surface area (Å²) in [6, 6.07) is 13.9. The van der Waals surface area contributed by atoms with Gasteiger partial charge in [0.25, 0.3) is 0 Å². The van der Waals surface area contributed by atoms with Gasteiger partial charge in [0.15, 0.2) is 0 Å². The number of methoxy groups -OCH3 is 1. The Balaban J connectivity index is 1.76. The summed E-state index contributed by atoms with van der Waals surface area (Å²) in [5.74, 6) is 0.687. The molecular weight excluding hydrogens is 314 g/mol. The molecule has 0 saturated carbocycles. The molecule has 0 saturated heterocycles. The van der Waals surface area contributed by atoms with Gasteiger partial charge in [-0.15, -0.1) is 0 Å². The second-order valence-corrected chi connectivity index (χ2v) is 6.61. The molecular formula is C21H21NO3. The molecule has 25 heavy (non-hydrogen) atoms.